The van der Waals surface area contributed by atoms with Gasteiger partial charge in [-0.15, -0.1) is 0 Å². The number of pyridine rings is 1. The summed E-state index contributed by atoms with van der Waals surface area (Å²) < 4.78 is 5.14. The van der Waals surface area contributed by atoms with Gasteiger partial charge >= 0.3 is 0 Å². The molecule has 0 aliphatic carbocycles. The van der Waals surface area contributed by atoms with E-state index in [9.17, 15) is 4.79 Å². The van der Waals surface area contributed by atoms with Gasteiger partial charge in [0.1, 0.15) is 12.0 Å². The summed E-state index contributed by atoms with van der Waals surface area (Å²) in [7, 11) is 0. The first-order chi connectivity index (χ1) is 11.8. The fourth-order valence-electron chi connectivity index (χ4n) is 2.16. The lowest BCUT2D eigenvalue weighted by Crippen LogP contribution is -2.24. The molecule has 0 bridgehead atoms. The van der Waals surface area contributed by atoms with Crippen LogP contribution in [-0.2, 0) is 13.0 Å². The number of nitrogens with zero attached hydrogens (tertiary/aromatic N) is 5. The predicted molar refractivity (Wildman–Crippen MR) is 84.7 cm³/mol. The van der Waals surface area contributed by atoms with Crippen LogP contribution in [0.25, 0.3) is 11.5 Å². The molecular weight excluding hydrogens is 308 g/mol. The van der Waals surface area contributed by atoms with Crippen molar-refractivity contribution >= 4 is 5.91 Å². The Morgan fingerprint density at radius 2 is 2.21 bits per heavy atom. The quantitative estimate of drug-likeness (QED) is 0.736. The van der Waals surface area contributed by atoms with Crippen molar-refractivity contribution in [1.29, 1.82) is 0 Å². The molecule has 122 valence electrons. The largest absolute Gasteiger partial charge is 0.343 e. The SMILES string of the molecule is CCCc1ncncc1C(=O)NCc1nc(-c2ccccn2)no1. The maximum absolute atomic E-state index is 12.3. The summed E-state index contributed by atoms with van der Waals surface area (Å²) in [5.41, 5.74) is 1.80. The molecule has 3 aromatic heterocycles. The number of carbonyl (C=O) groups excluding carboxylic acids is 1. The normalized spacial score (nSPS) is 10.5. The zero-order valence-electron chi connectivity index (χ0n) is 13.1. The third-order valence-electron chi connectivity index (χ3n) is 3.29. The van der Waals surface area contributed by atoms with E-state index in [0.717, 1.165) is 18.5 Å². The Kier molecular flexibility index (Phi) is 4.85. The van der Waals surface area contributed by atoms with E-state index in [0.29, 0.717) is 23.0 Å². The van der Waals surface area contributed by atoms with Crippen molar-refractivity contribution in [3.05, 3.63) is 54.1 Å². The van der Waals surface area contributed by atoms with Gasteiger partial charge in [0.15, 0.2) is 0 Å². The van der Waals surface area contributed by atoms with E-state index in [2.05, 4.69) is 30.4 Å². The maximum atomic E-state index is 12.3. The van der Waals surface area contributed by atoms with Gasteiger partial charge in [-0.3, -0.25) is 9.78 Å². The molecule has 3 rings (SSSR count). The van der Waals surface area contributed by atoms with Crippen molar-refractivity contribution in [2.24, 2.45) is 0 Å². The zero-order chi connectivity index (χ0) is 16.8. The molecule has 0 saturated carbocycles. The van der Waals surface area contributed by atoms with Gasteiger partial charge in [0.05, 0.1) is 17.8 Å². The molecule has 8 heteroatoms. The van der Waals surface area contributed by atoms with Crippen LogP contribution in [0.2, 0.25) is 0 Å². The van der Waals surface area contributed by atoms with E-state index < -0.39 is 0 Å². The molecule has 0 spiro atoms. The summed E-state index contributed by atoms with van der Waals surface area (Å²) in [4.78, 5) is 28.7. The number of rotatable bonds is 6. The molecular formula is C16H16N6O2. The van der Waals surface area contributed by atoms with Gasteiger partial charge in [-0.1, -0.05) is 24.6 Å². The Balaban J connectivity index is 1.66. The summed E-state index contributed by atoms with van der Waals surface area (Å²) >= 11 is 0. The third kappa shape index (κ3) is 3.60. The van der Waals surface area contributed by atoms with Crippen LogP contribution in [0.15, 0.2) is 41.4 Å². The highest BCUT2D eigenvalue weighted by Crippen LogP contribution is 2.12. The Morgan fingerprint density at radius 1 is 1.29 bits per heavy atom. The number of aryl methyl sites for hydroxylation is 1. The molecule has 0 aliphatic heterocycles. The lowest BCUT2D eigenvalue weighted by atomic mass is 10.1. The Labute approximate surface area is 138 Å². The maximum Gasteiger partial charge on any atom is 0.255 e. The third-order valence-corrected chi connectivity index (χ3v) is 3.29. The van der Waals surface area contributed by atoms with E-state index in [1.54, 1.807) is 18.3 Å². The molecule has 3 heterocycles. The van der Waals surface area contributed by atoms with Gasteiger partial charge < -0.3 is 9.84 Å². The van der Waals surface area contributed by atoms with E-state index in [1.165, 1.54) is 12.5 Å². The van der Waals surface area contributed by atoms with Gasteiger partial charge in [0.2, 0.25) is 11.7 Å². The van der Waals surface area contributed by atoms with Crippen molar-refractivity contribution in [1.82, 2.24) is 30.4 Å². The van der Waals surface area contributed by atoms with Crippen molar-refractivity contribution < 1.29 is 9.32 Å². The van der Waals surface area contributed by atoms with E-state index in [1.807, 2.05) is 13.0 Å². The molecule has 1 N–H and O–H groups in total. The van der Waals surface area contributed by atoms with Crippen molar-refractivity contribution in [3.63, 3.8) is 0 Å². The summed E-state index contributed by atoms with van der Waals surface area (Å²) in [5, 5.41) is 6.60. The molecule has 24 heavy (non-hydrogen) atoms. The van der Waals surface area contributed by atoms with Gasteiger partial charge in [0.25, 0.3) is 5.91 Å². The van der Waals surface area contributed by atoms with Crippen LogP contribution in [-0.4, -0.2) is 31.0 Å². The fourth-order valence-corrected chi connectivity index (χ4v) is 2.16. The highest BCUT2D eigenvalue weighted by atomic mass is 16.5. The van der Waals surface area contributed by atoms with Gasteiger partial charge in [-0.2, -0.15) is 4.98 Å². The van der Waals surface area contributed by atoms with Crippen molar-refractivity contribution in [3.8, 4) is 11.5 Å². The fraction of sp³-hybridized carbons (Fsp3) is 0.250. The zero-order valence-corrected chi connectivity index (χ0v) is 13.1. The predicted octanol–water partition coefficient (Wildman–Crippen LogP) is 1.80. The van der Waals surface area contributed by atoms with Crippen LogP contribution in [0.4, 0.5) is 0 Å². The summed E-state index contributed by atoms with van der Waals surface area (Å²) in [5.74, 6) is 0.420. The number of carbonyl (C=O) groups is 1. The van der Waals surface area contributed by atoms with Gasteiger partial charge in [-0.25, -0.2) is 9.97 Å². The first-order valence-corrected chi connectivity index (χ1v) is 7.59. The van der Waals surface area contributed by atoms with Crippen LogP contribution in [0, 0.1) is 0 Å². The highest BCUT2D eigenvalue weighted by molar-refractivity contribution is 5.94. The van der Waals surface area contributed by atoms with Crippen LogP contribution in [0.1, 0.15) is 35.3 Å². The molecule has 0 aliphatic rings. The lowest BCUT2D eigenvalue weighted by molar-refractivity contribution is 0.0944. The average Bonchev–Trinajstić information content (AvgIpc) is 3.10. The minimum atomic E-state index is -0.267. The monoisotopic (exact) mass is 324 g/mol. The highest BCUT2D eigenvalue weighted by Gasteiger charge is 2.14. The average molecular weight is 324 g/mol. The molecule has 8 nitrogen and oxygen atoms in total. The Morgan fingerprint density at radius 3 is 3.00 bits per heavy atom. The molecule has 0 atom stereocenters. The second-order valence-corrected chi connectivity index (χ2v) is 5.04. The summed E-state index contributed by atoms with van der Waals surface area (Å²) in [6, 6.07) is 5.43. The van der Waals surface area contributed by atoms with Crippen molar-refractivity contribution in [2.45, 2.75) is 26.3 Å². The van der Waals surface area contributed by atoms with Crippen LogP contribution >= 0.6 is 0 Å². The first kappa shape index (κ1) is 15.7. The number of hydrogen-bond donors (Lipinski definition) is 1. The topological polar surface area (TPSA) is 107 Å². The van der Waals surface area contributed by atoms with E-state index in [4.69, 9.17) is 4.52 Å². The number of nitrogens with one attached hydrogen (secondary N) is 1. The van der Waals surface area contributed by atoms with Crippen molar-refractivity contribution in [2.75, 3.05) is 0 Å². The minimum Gasteiger partial charge on any atom is -0.343 e. The smallest absolute Gasteiger partial charge is 0.255 e. The lowest BCUT2D eigenvalue weighted by Gasteiger charge is -2.06. The second-order valence-electron chi connectivity index (χ2n) is 5.04. The molecule has 3 aromatic rings. The number of hydrogen-bond acceptors (Lipinski definition) is 7. The van der Waals surface area contributed by atoms with E-state index >= 15 is 0 Å². The summed E-state index contributed by atoms with van der Waals surface area (Å²) in [6.07, 6.45) is 6.22. The molecule has 1 amide bonds. The standard InChI is InChI=1S/C16H16N6O2/c1-2-5-12-11(8-17-10-20-12)16(23)19-9-14-21-15(22-24-14)13-6-3-4-7-18-13/h3-4,6-8,10H,2,5,9H2,1H3,(H,19,23). The Hall–Kier alpha value is -3.16. The number of aromatic nitrogens is 5. The molecule has 0 saturated heterocycles. The second kappa shape index (κ2) is 7.40. The van der Waals surface area contributed by atoms with E-state index in [-0.39, 0.29) is 12.5 Å². The molecule has 0 radical (unpaired) electrons. The minimum absolute atomic E-state index is 0.124. The first-order valence-electron chi connectivity index (χ1n) is 7.59. The summed E-state index contributed by atoms with van der Waals surface area (Å²) in [6.45, 7) is 2.15. The molecule has 0 fully saturated rings. The number of amides is 1. The van der Waals surface area contributed by atoms with Crippen LogP contribution in [0.5, 0.6) is 0 Å². The molecule has 0 aromatic carbocycles. The van der Waals surface area contributed by atoms with Crippen LogP contribution in [0.3, 0.4) is 0 Å². The van der Waals surface area contributed by atoms with Crippen LogP contribution < -0.4 is 5.32 Å². The van der Waals surface area contributed by atoms with Gasteiger partial charge in [0, 0.05) is 12.4 Å². The van der Waals surface area contributed by atoms with Gasteiger partial charge in [-0.05, 0) is 18.6 Å². The Bertz CT molecular complexity index is 818. The molecule has 0 unspecified atom stereocenters.